The van der Waals surface area contributed by atoms with E-state index in [4.69, 9.17) is 9.15 Å². The number of rotatable bonds is 4. The van der Waals surface area contributed by atoms with Crippen LogP contribution in [0.5, 0.6) is 5.75 Å². The summed E-state index contributed by atoms with van der Waals surface area (Å²) in [6.45, 7) is 2.19. The molecular weight excluding hydrogens is 188 g/mol. The summed E-state index contributed by atoms with van der Waals surface area (Å²) in [6.07, 6.45) is 3.39. The predicted octanol–water partition coefficient (Wildman–Crippen LogP) is 3.78. The van der Waals surface area contributed by atoms with Gasteiger partial charge in [0, 0.05) is 11.8 Å². The molecule has 2 aromatic rings. The van der Waals surface area contributed by atoms with E-state index in [0.29, 0.717) is 0 Å². The SMILES string of the molecule is CCCCc1cc2cc(OC)ccc2o1. The lowest BCUT2D eigenvalue weighted by atomic mass is 10.2. The minimum atomic E-state index is 0.880. The summed E-state index contributed by atoms with van der Waals surface area (Å²) in [5.41, 5.74) is 0.946. The Labute approximate surface area is 89.8 Å². The maximum Gasteiger partial charge on any atom is 0.134 e. The van der Waals surface area contributed by atoms with Crippen molar-refractivity contribution in [2.24, 2.45) is 0 Å². The fraction of sp³-hybridized carbons (Fsp3) is 0.385. The van der Waals surface area contributed by atoms with Gasteiger partial charge in [-0.25, -0.2) is 0 Å². The summed E-state index contributed by atoms with van der Waals surface area (Å²) in [6, 6.07) is 8.00. The number of unbranched alkanes of at least 4 members (excludes halogenated alkanes) is 1. The predicted molar refractivity (Wildman–Crippen MR) is 61.4 cm³/mol. The molecule has 0 amide bonds. The van der Waals surface area contributed by atoms with E-state index < -0.39 is 0 Å². The van der Waals surface area contributed by atoms with E-state index in [1.807, 2.05) is 18.2 Å². The Bertz CT molecular complexity index is 443. The lowest BCUT2D eigenvalue weighted by molar-refractivity contribution is 0.415. The summed E-state index contributed by atoms with van der Waals surface area (Å²) in [5.74, 6) is 1.95. The number of methoxy groups -OCH3 is 1. The first kappa shape index (κ1) is 10.1. The third-order valence-electron chi connectivity index (χ3n) is 2.55. The minimum Gasteiger partial charge on any atom is -0.497 e. The fourth-order valence-corrected chi connectivity index (χ4v) is 1.68. The molecule has 1 heterocycles. The van der Waals surface area contributed by atoms with E-state index in [1.165, 1.54) is 12.8 Å². The number of benzene rings is 1. The first-order valence-corrected chi connectivity index (χ1v) is 5.40. The van der Waals surface area contributed by atoms with Crippen LogP contribution in [0.15, 0.2) is 28.7 Å². The van der Waals surface area contributed by atoms with Crippen molar-refractivity contribution in [3.63, 3.8) is 0 Å². The fourth-order valence-electron chi connectivity index (χ4n) is 1.68. The zero-order valence-electron chi connectivity index (χ0n) is 9.25. The van der Waals surface area contributed by atoms with Crippen molar-refractivity contribution in [1.29, 1.82) is 0 Å². The van der Waals surface area contributed by atoms with Crippen molar-refractivity contribution >= 4 is 11.0 Å². The number of hydrogen-bond acceptors (Lipinski definition) is 2. The monoisotopic (exact) mass is 204 g/mol. The van der Waals surface area contributed by atoms with Gasteiger partial charge in [0.1, 0.15) is 17.1 Å². The average Bonchev–Trinajstić information content (AvgIpc) is 2.67. The Morgan fingerprint density at radius 1 is 1.27 bits per heavy atom. The van der Waals surface area contributed by atoms with Crippen molar-refractivity contribution < 1.29 is 9.15 Å². The summed E-state index contributed by atoms with van der Waals surface area (Å²) >= 11 is 0. The molecule has 0 saturated heterocycles. The normalized spacial score (nSPS) is 10.8. The van der Waals surface area contributed by atoms with Crippen LogP contribution in [0.2, 0.25) is 0 Å². The highest BCUT2D eigenvalue weighted by Crippen LogP contribution is 2.24. The highest BCUT2D eigenvalue weighted by molar-refractivity contribution is 5.79. The first-order valence-electron chi connectivity index (χ1n) is 5.40. The molecule has 0 atom stereocenters. The van der Waals surface area contributed by atoms with Crippen molar-refractivity contribution in [2.45, 2.75) is 26.2 Å². The maximum absolute atomic E-state index is 5.71. The molecule has 80 valence electrons. The van der Waals surface area contributed by atoms with Gasteiger partial charge in [-0.2, -0.15) is 0 Å². The third-order valence-corrected chi connectivity index (χ3v) is 2.55. The third kappa shape index (κ3) is 2.14. The molecule has 0 unspecified atom stereocenters. The molecule has 0 saturated carbocycles. The number of fused-ring (bicyclic) bond motifs is 1. The molecule has 0 aliphatic carbocycles. The van der Waals surface area contributed by atoms with Gasteiger partial charge in [0.25, 0.3) is 0 Å². The second-order valence-electron chi connectivity index (χ2n) is 3.72. The van der Waals surface area contributed by atoms with Crippen LogP contribution < -0.4 is 4.74 Å². The molecule has 2 rings (SSSR count). The van der Waals surface area contributed by atoms with Gasteiger partial charge in [-0.3, -0.25) is 0 Å². The van der Waals surface area contributed by atoms with Crippen molar-refractivity contribution in [1.82, 2.24) is 0 Å². The summed E-state index contributed by atoms with van der Waals surface area (Å²) in [7, 11) is 1.68. The van der Waals surface area contributed by atoms with Crippen molar-refractivity contribution in [3.8, 4) is 5.75 Å². The molecule has 15 heavy (non-hydrogen) atoms. The van der Waals surface area contributed by atoms with Crippen LogP contribution in [0.3, 0.4) is 0 Å². The molecule has 0 fully saturated rings. The van der Waals surface area contributed by atoms with E-state index in [2.05, 4.69) is 13.0 Å². The Balaban J connectivity index is 2.29. The summed E-state index contributed by atoms with van der Waals surface area (Å²) < 4.78 is 10.9. The Kier molecular flexibility index (Phi) is 2.95. The molecule has 0 spiro atoms. The van der Waals surface area contributed by atoms with Gasteiger partial charge in [0.15, 0.2) is 0 Å². The van der Waals surface area contributed by atoms with Crippen LogP contribution in [-0.4, -0.2) is 7.11 Å². The Hall–Kier alpha value is -1.44. The second-order valence-corrected chi connectivity index (χ2v) is 3.72. The topological polar surface area (TPSA) is 22.4 Å². The van der Waals surface area contributed by atoms with Gasteiger partial charge >= 0.3 is 0 Å². The van der Waals surface area contributed by atoms with Crippen LogP contribution >= 0.6 is 0 Å². The smallest absolute Gasteiger partial charge is 0.134 e. The van der Waals surface area contributed by atoms with Gasteiger partial charge in [0.05, 0.1) is 7.11 Å². The van der Waals surface area contributed by atoms with E-state index in [9.17, 15) is 0 Å². The van der Waals surface area contributed by atoms with E-state index in [-0.39, 0.29) is 0 Å². The van der Waals surface area contributed by atoms with Gasteiger partial charge < -0.3 is 9.15 Å². The number of ether oxygens (including phenoxy) is 1. The van der Waals surface area contributed by atoms with Gasteiger partial charge in [-0.1, -0.05) is 13.3 Å². The quantitative estimate of drug-likeness (QED) is 0.756. The lowest BCUT2D eigenvalue weighted by Gasteiger charge is -1.96. The molecule has 0 radical (unpaired) electrons. The number of hydrogen-bond donors (Lipinski definition) is 0. The molecule has 2 nitrogen and oxygen atoms in total. The van der Waals surface area contributed by atoms with Crippen molar-refractivity contribution in [3.05, 3.63) is 30.0 Å². The van der Waals surface area contributed by atoms with Gasteiger partial charge in [-0.05, 0) is 30.7 Å². The van der Waals surface area contributed by atoms with Crippen LogP contribution in [-0.2, 0) is 6.42 Å². The van der Waals surface area contributed by atoms with Gasteiger partial charge in [0.2, 0.25) is 0 Å². The van der Waals surface area contributed by atoms with Gasteiger partial charge in [-0.15, -0.1) is 0 Å². The van der Waals surface area contributed by atoms with Crippen LogP contribution in [0, 0.1) is 0 Å². The molecule has 0 bridgehead atoms. The van der Waals surface area contributed by atoms with Crippen LogP contribution in [0.4, 0.5) is 0 Å². The summed E-state index contributed by atoms with van der Waals surface area (Å²) in [4.78, 5) is 0. The zero-order valence-corrected chi connectivity index (χ0v) is 9.25. The number of furan rings is 1. The highest BCUT2D eigenvalue weighted by Gasteiger charge is 2.04. The molecule has 1 aromatic carbocycles. The lowest BCUT2D eigenvalue weighted by Crippen LogP contribution is -1.79. The van der Waals surface area contributed by atoms with Crippen molar-refractivity contribution in [2.75, 3.05) is 7.11 Å². The zero-order chi connectivity index (χ0) is 10.7. The molecular formula is C13H16O2. The summed E-state index contributed by atoms with van der Waals surface area (Å²) in [5, 5.41) is 1.13. The molecule has 0 aliphatic rings. The average molecular weight is 204 g/mol. The largest absolute Gasteiger partial charge is 0.497 e. The van der Waals surface area contributed by atoms with E-state index in [0.717, 1.165) is 28.9 Å². The number of aryl methyl sites for hydroxylation is 1. The molecule has 2 heteroatoms. The van der Waals surface area contributed by atoms with Crippen LogP contribution in [0.1, 0.15) is 25.5 Å². The highest BCUT2D eigenvalue weighted by atomic mass is 16.5. The Morgan fingerprint density at radius 3 is 2.87 bits per heavy atom. The molecule has 0 N–H and O–H groups in total. The van der Waals surface area contributed by atoms with Crippen LogP contribution in [0.25, 0.3) is 11.0 Å². The minimum absolute atomic E-state index is 0.880. The second kappa shape index (κ2) is 4.39. The molecule has 0 aliphatic heterocycles. The van der Waals surface area contributed by atoms with E-state index in [1.54, 1.807) is 7.11 Å². The standard InChI is InChI=1S/C13H16O2/c1-3-4-5-12-9-10-8-11(14-2)6-7-13(10)15-12/h6-9H,3-5H2,1-2H3. The first-order chi connectivity index (χ1) is 7.33. The van der Waals surface area contributed by atoms with E-state index >= 15 is 0 Å². The Morgan fingerprint density at radius 2 is 2.13 bits per heavy atom. The molecule has 1 aromatic heterocycles. The maximum atomic E-state index is 5.71.